The summed E-state index contributed by atoms with van der Waals surface area (Å²) in [5, 5.41) is 11.8. The van der Waals surface area contributed by atoms with Gasteiger partial charge in [-0.2, -0.15) is 4.57 Å². The summed E-state index contributed by atoms with van der Waals surface area (Å²) < 4.78 is 2.10. The van der Waals surface area contributed by atoms with Crippen molar-refractivity contribution in [2.75, 3.05) is 0 Å². The van der Waals surface area contributed by atoms with Gasteiger partial charge in [0.05, 0.1) is 16.3 Å². The third kappa shape index (κ3) is 5.95. The number of carboxylic acid groups (broad SMARTS) is 1. The molecule has 0 aliphatic heterocycles. The van der Waals surface area contributed by atoms with E-state index in [1.807, 2.05) is 49.5 Å². The van der Waals surface area contributed by atoms with E-state index in [2.05, 4.69) is 35.8 Å². The molecule has 0 saturated heterocycles. The van der Waals surface area contributed by atoms with Crippen LogP contribution in [0.3, 0.4) is 0 Å². The maximum Gasteiger partial charge on any atom is 0.337 e. The van der Waals surface area contributed by atoms with Gasteiger partial charge in [-0.3, -0.25) is 0 Å². The van der Waals surface area contributed by atoms with Crippen LogP contribution < -0.4 is 4.57 Å². The molecule has 3 aromatic carbocycles. The zero-order valence-electron chi connectivity index (χ0n) is 21.9. The molecule has 0 fully saturated rings. The Morgan fingerprint density at radius 3 is 2.00 bits per heavy atom. The van der Waals surface area contributed by atoms with E-state index >= 15 is 0 Å². The van der Waals surface area contributed by atoms with Crippen LogP contribution in [0, 0.1) is 0 Å². The molecular weight excluding hydrogens is 442 g/mol. The monoisotopic (exact) mass is 482 g/mol. The van der Waals surface area contributed by atoms with Gasteiger partial charge in [-0.25, -0.2) is 4.79 Å². The average molecular weight is 483 g/mol. The number of rotatable bonds is 13. The van der Waals surface area contributed by atoms with Crippen molar-refractivity contribution in [1.29, 1.82) is 0 Å². The lowest BCUT2D eigenvalue weighted by Gasteiger charge is -2.12. The van der Waals surface area contributed by atoms with E-state index < -0.39 is 5.97 Å². The second-order valence-corrected chi connectivity index (χ2v) is 10.1. The summed E-state index contributed by atoms with van der Waals surface area (Å²) in [6.45, 7) is 2.27. The average Bonchev–Trinajstić information content (AvgIpc) is 2.90. The molecule has 3 nitrogen and oxygen atoms in total. The maximum atomic E-state index is 12.4. The van der Waals surface area contributed by atoms with Crippen LogP contribution in [0.25, 0.3) is 32.9 Å². The minimum atomic E-state index is -0.887. The van der Waals surface area contributed by atoms with E-state index in [9.17, 15) is 9.90 Å². The maximum absolute atomic E-state index is 12.4. The summed E-state index contributed by atoms with van der Waals surface area (Å²) in [7, 11) is 2.01. The minimum Gasteiger partial charge on any atom is -0.478 e. The second kappa shape index (κ2) is 12.7. The fraction of sp³-hybridized carbons (Fsp3) is 0.394. The zero-order chi connectivity index (χ0) is 25.3. The first-order chi connectivity index (χ1) is 17.6. The molecule has 0 unspecified atom stereocenters. The van der Waals surface area contributed by atoms with Crippen molar-refractivity contribution < 1.29 is 14.5 Å². The molecule has 188 valence electrons. The number of aryl methyl sites for hydroxylation is 2. The molecule has 0 aliphatic rings. The highest BCUT2D eigenvalue weighted by Crippen LogP contribution is 2.33. The molecule has 0 amide bonds. The van der Waals surface area contributed by atoms with E-state index in [0.717, 1.165) is 39.4 Å². The SMILES string of the molecule is CCCCCCCCCCCCc1ccc(-c2cccc3c2c(C(=O)O)c2ccccc2[n+]3C)cc1. The summed E-state index contributed by atoms with van der Waals surface area (Å²) in [6.07, 6.45) is 14.6. The first-order valence-electron chi connectivity index (χ1n) is 13.8. The largest absolute Gasteiger partial charge is 0.478 e. The highest BCUT2D eigenvalue weighted by Gasteiger charge is 2.24. The van der Waals surface area contributed by atoms with Crippen LogP contribution in [-0.2, 0) is 13.5 Å². The van der Waals surface area contributed by atoms with Crippen LogP contribution in [0.4, 0.5) is 0 Å². The molecular formula is C33H40NO2+. The van der Waals surface area contributed by atoms with Crippen molar-refractivity contribution >= 4 is 27.8 Å². The van der Waals surface area contributed by atoms with E-state index in [1.165, 1.54) is 69.8 Å². The molecule has 0 saturated carbocycles. The highest BCUT2D eigenvalue weighted by molar-refractivity contribution is 6.16. The number of aromatic carboxylic acids is 1. The van der Waals surface area contributed by atoms with Gasteiger partial charge < -0.3 is 5.11 Å². The molecule has 0 radical (unpaired) electrons. The lowest BCUT2D eigenvalue weighted by molar-refractivity contribution is -0.617. The number of unbranched alkanes of at least 4 members (excludes halogenated alkanes) is 9. The molecule has 0 spiro atoms. The van der Waals surface area contributed by atoms with E-state index in [1.54, 1.807) is 0 Å². The molecule has 36 heavy (non-hydrogen) atoms. The van der Waals surface area contributed by atoms with Gasteiger partial charge in [0.15, 0.2) is 0 Å². The van der Waals surface area contributed by atoms with Crippen LogP contribution in [0.5, 0.6) is 0 Å². The summed E-state index contributed by atoms with van der Waals surface area (Å²) in [6, 6.07) is 22.6. The Morgan fingerprint density at radius 1 is 0.722 bits per heavy atom. The molecule has 1 aromatic heterocycles. The predicted molar refractivity (Wildman–Crippen MR) is 151 cm³/mol. The standard InChI is InChI=1S/C33H39NO2/c1-3-4-5-6-7-8-9-10-11-12-16-25-21-23-26(24-22-25)27-18-15-20-30-31(27)32(33(35)36)28-17-13-14-19-29(28)34(30)2/h13-15,17-24H,3-12,16H2,1-2H3/p+1. The quantitative estimate of drug-likeness (QED) is 0.118. The zero-order valence-corrected chi connectivity index (χ0v) is 21.9. The fourth-order valence-corrected chi connectivity index (χ4v) is 5.45. The van der Waals surface area contributed by atoms with Crippen LogP contribution in [0.1, 0.15) is 87.1 Å². The van der Waals surface area contributed by atoms with Crippen molar-refractivity contribution in [3.8, 4) is 11.1 Å². The first-order valence-corrected chi connectivity index (χ1v) is 13.8. The van der Waals surface area contributed by atoms with E-state index in [-0.39, 0.29) is 0 Å². The summed E-state index contributed by atoms with van der Waals surface area (Å²) in [5.74, 6) is -0.887. The molecule has 0 aliphatic carbocycles. The molecule has 4 aromatic rings. The van der Waals surface area contributed by atoms with Crippen LogP contribution >= 0.6 is 0 Å². The Bertz CT molecular complexity index is 1310. The van der Waals surface area contributed by atoms with Crippen molar-refractivity contribution in [2.45, 2.75) is 77.6 Å². The Kier molecular flexibility index (Phi) is 9.11. The van der Waals surface area contributed by atoms with Crippen molar-refractivity contribution in [1.82, 2.24) is 0 Å². The van der Waals surface area contributed by atoms with Gasteiger partial charge in [-0.15, -0.1) is 0 Å². The van der Waals surface area contributed by atoms with Crippen molar-refractivity contribution in [2.24, 2.45) is 7.05 Å². The van der Waals surface area contributed by atoms with Crippen molar-refractivity contribution in [3.63, 3.8) is 0 Å². The minimum absolute atomic E-state index is 0.378. The Hall–Kier alpha value is -3.20. The Morgan fingerprint density at radius 2 is 1.33 bits per heavy atom. The second-order valence-electron chi connectivity index (χ2n) is 10.1. The fourth-order valence-electron chi connectivity index (χ4n) is 5.45. The number of fused-ring (bicyclic) bond motifs is 2. The highest BCUT2D eigenvalue weighted by atomic mass is 16.4. The normalized spacial score (nSPS) is 11.4. The first kappa shape index (κ1) is 25.9. The number of pyridine rings is 1. The van der Waals surface area contributed by atoms with Gasteiger partial charge >= 0.3 is 5.97 Å². The van der Waals surface area contributed by atoms with Crippen LogP contribution in [-0.4, -0.2) is 11.1 Å². The number of carboxylic acids is 1. The predicted octanol–water partition coefficient (Wildman–Crippen LogP) is 8.65. The summed E-state index contributed by atoms with van der Waals surface area (Å²) in [5.41, 5.74) is 5.61. The molecule has 0 bridgehead atoms. The van der Waals surface area contributed by atoms with E-state index in [4.69, 9.17) is 0 Å². The lowest BCUT2D eigenvalue weighted by atomic mass is 9.93. The molecule has 1 N–H and O–H groups in total. The van der Waals surface area contributed by atoms with Gasteiger partial charge in [0.1, 0.15) is 7.05 Å². The number of para-hydroxylation sites is 1. The third-order valence-electron chi connectivity index (χ3n) is 7.49. The number of benzene rings is 3. The third-order valence-corrected chi connectivity index (χ3v) is 7.49. The number of aromatic nitrogens is 1. The smallest absolute Gasteiger partial charge is 0.337 e. The number of hydrogen-bond donors (Lipinski definition) is 1. The summed E-state index contributed by atoms with van der Waals surface area (Å²) in [4.78, 5) is 12.4. The Balaban J connectivity index is 1.45. The van der Waals surface area contributed by atoms with E-state index in [0.29, 0.717) is 5.56 Å². The number of carbonyl (C=O) groups is 1. The van der Waals surface area contributed by atoms with Gasteiger partial charge in [-0.05, 0) is 35.6 Å². The molecule has 4 rings (SSSR count). The topological polar surface area (TPSA) is 41.2 Å². The Labute approximate surface area is 215 Å². The van der Waals surface area contributed by atoms with Gasteiger partial charge in [-0.1, -0.05) is 113 Å². The van der Waals surface area contributed by atoms with Crippen LogP contribution in [0.15, 0.2) is 66.7 Å². The number of hydrogen-bond acceptors (Lipinski definition) is 1. The molecule has 3 heteroatoms. The molecule has 1 heterocycles. The van der Waals surface area contributed by atoms with Gasteiger partial charge in [0.2, 0.25) is 11.0 Å². The number of nitrogens with zero attached hydrogens (tertiary/aromatic N) is 1. The van der Waals surface area contributed by atoms with Crippen molar-refractivity contribution in [3.05, 3.63) is 77.9 Å². The lowest BCUT2D eigenvalue weighted by Crippen LogP contribution is -2.31. The molecule has 0 atom stereocenters. The van der Waals surface area contributed by atoms with Gasteiger partial charge in [0, 0.05) is 12.1 Å². The summed E-state index contributed by atoms with van der Waals surface area (Å²) >= 11 is 0. The van der Waals surface area contributed by atoms with Crippen LogP contribution in [0.2, 0.25) is 0 Å². The van der Waals surface area contributed by atoms with Gasteiger partial charge in [0.25, 0.3) is 0 Å².